The Kier molecular flexibility index (Phi) is 5.58. The number of benzene rings is 1. The molecule has 1 rings (SSSR count). The molecule has 0 aliphatic heterocycles. The lowest BCUT2D eigenvalue weighted by Gasteiger charge is -2.17. The van der Waals surface area contributed by atoms with Gasteiger partial charge in [0.05, 0.1) is 12.8 Å². The summed E-state index contributed by atoms with van der Waals surface area (Å²) >= 11 is 0. The van der Waals surface area contributed by atoms with Crippen LogP contribution in [-0.2, 0) is 9.59 Å². The van der Waals surface area contributed by atoms with E-state index >= 15 is 0 Å². The number of methoxy groups -OCH3 is 1. The molecule has 1 aromatic rings. The van der Waals surface area contributed by atoms with Crippen molar-refractivity contribution in [1.82, 2.24) is 5.32 Å². The first-order chi connectivity index (χ1) is 9.74. The second-order valence-corrected chi connectivity index (χ2v) is 5.76. The number of carbonyl (C=O) groups is 2. The van der Waals surface area contributed by atoms with Crippen LogP contribution in [0.1, 0.15) is 27.2 Å². The number of nitrogen functional groups attached to an aromatic ring is 1. The first kappa shape index (κ1) is 16.8. The molecule has 0 bridgehead atoms. The van der Waals surface area contributed by atoms with E-state index in [1.54, 1.807) is 18.2 Å². The van der Waals surface area contributed by atoms with Crippen molar-refractivity contribution >= 4 is 23.2 Å². The number of nitrogens with one attached hydrogen (secondary N) is 2. The highest BCUT2D eigenvalue weighted by Crippen LogP contribution is 2.24. The van der Waals surface area contributed by atoms with Crippen molar-refractivity contribution in [2.45, 2.75) is 27.2 Å². The van der Waals surface area contributed by atoms with E-state index < -0.39 is 5.41 Å². The molecule has 0 fully saturated rings. The highest BCUT2D eigenvalue weighted by Gasteiger charge is 2.20. The van der Waals surface area contributed by atoms with E-state index in [1.807, 2.05) is 20.8 Å². The Hall–Kier alpha value is -2.24. The first-order valence-corrected chi connectivity index (χ1v) is 6.75. The Morgan fingerprint density at radius 2 is 1.95 bits per heavy atom. The van der Waals surface area contributed by atoms with E-state index in [0.29, 0.717) is 23.7 Å². The van der Waals surface area contributed by atoms with Crippen molar-refractivity contribution in [2.75, 3.05) is 24.7 Å². The molecule has 4 N–H and O–H groups in total. The topological polar surface area (TPSA) is 93.5 Å². The van der Waals surface area contributed by atoms with Gasteiger partial charge in [0, 0.05) is 24.1 Å². The quantitative estimate of drug-likeness (QED) is 0.721. The highest BCUT2D eigenvalue weighted by molar-refractivity contribution is 5.92. The normalized spacial score (nSPS) is 10.9. The van der Waals surface area contributed by atoms with Crippen molar-refractivity contribution < 1.29 is 14.3 Å². The molecule has 0 aromatic heterocycles. The molecule has 0 heterocycles. The van der Waals surface area contributed by atoms with Crippen molar-refractivity contribution in [3.63, 3.8) is 0 Å². The summed E-state index contributed by atoms with van der Waals surface area (Å²) < 4.78 is 5.04. The summed E-state index contributed by atoms with van der Waals surface area (Å²) in [7, 11) is 1.53. The summed E-state index contributed by atoms with van der Waals surface area (Å²) in [5.41, 5.74) is 6.36. The van der Waals surface area contributed by atoms with Crippen LogP contribution in [-0.4, -0.2) is 25.5 Å². The first-order valence-electron chi connectivity index (χ1n) is 6.75. The zero-order valence-electron chi connectivity index (χ0n) is 12.9. The molecule has 0 saturated carbocycles. The van der Waals surface area contributed by atoms with E-state index in [1.165, 1.54) is 7.11 Å². The molecule has 0 radical (unpaired) electrons. The van der Waals surface area contributed by atoms with Gasteiger partial charge in [0.1, 0.15) is 5.75 Å². The standard InChI is InChI=1S/C15H23N3O3/c1-15(2,3)14(20)17-8-7-13(19)18-10-5-6-12(21-4)11(16)9-10/h5-6,9H,7-8,16H2,1-4H3,(H,17,20)(H,18,19). The zero-order chi connectivity index (χ0) is 16.0. The molecule has 0 atom stereocenters. The smallest absolute Gasteiger partial charge is 0.226 e. The number of hydrogen-bond acceptors (Lipinski definition) is 4. The van der Waals surface area contributed by atoms with Gasteiger partial charge in [-0.05, 0) is 18.2 Å². The molecule has 0 unspecified atom stereocenters. The van der Waals surface area contributed by atoms with E-state index in [0.717, 1.165) is 0 Å². The summed E-state index contributed by atoms with van der Waals surface area (Å²) in [6.45, 7) is 5.77. The largest absolute Gasteiger partial charge is 0.495 e. The Bertz CT molecular complexity index is 521. The molecule has 0 aliphatic rings. The average molecular weight is 293 g/mol. The number of hydrogen-bond donors (Lipinski definition) is 3. The van der Waals surface area contributed by atoms with Gasteiger partial charge in [-0.3, -0.25) is 9.59 Å². The Morgan fingerprint density at radius 3 is 2.48 bits per heavy atom. The van der Waals surface area contributed by atoms with E-state index in [2.05, 4.69) is 10.6 Å². The van der Waals surface area contributed by atoms with Crippen molar-refractivity contribution in [3.05, 3.63) is 18.2 Å². The van der Waals surface area contributed by atoms with Crippen LogP contribution in [0, 0.1) is 5.41 Å². The summed E-state index contributed by atoms with van der Waals surface area (Å²) in [4.78, 5) is 23.4. The van der Waals surface area contributed by atoms with E-state index in [9.17, 15) is 9.59 Å². The fraction of sp³-hybridized carbons (Fsp3) is 0.467. The van der Waals surface area contributed by atoms with Crippen molar-refractivity contribution in [1.29, 1.82) is 0 Å². The maximum atomic E-state index is 11.8. The van der Waals surface area contributed by atoms with E-state index in [-0.39, 0.29) is 18.2 Å². The molecular weight excluding hydrogens is 270 g/mol. The van der Waals surface area contributed by atoms with Gasteiger partial charge in [0.15, 0.2) is 0 Å². The third-order valence-corrected chi connectivity index (χ3v) is 2.83. The van der Waals surface area contributed by atoms with Crippen LogP contribution in [0.4, 0.5) is 11.4 Å². The minimum Gasteiger partial charge on any atom is -0.495 e. The van der Waals surface area contributed by atoms with Crippen LogP contribution in [0.5, 0.6) is 5.75 Å². The lowest BCUT2D eigenvalue weighted by atomic mass is 9.96. The molecule has 1 aromatic carbocycles. The SMILES string of the molecule is COc1ccc(NC(=O)CCNC(=O)C(C)(C)C)cc1N. The molecule has 0 saturated heterocycles. The molecule has 6 nitrogen and oxygen atoms in total. The molecule has 6 heteroatoms. The van der Waals surface area contributed by atoms with Gasteiger partial charge in [0.2, 0.25) is 11.8 Å². The van der Waals surface area contributed by atoms with Gasteiger partial charge >= 0.3 is 0 Å². The van der Waals surface area contributed by atoms with Crippen molar-refractivity contribution in [3.8, 4) is 5.75 Å². The predicted octanol–water partition coefficient (Wildman–Crippen LogP) is 1.77. The summed E-state index contributed by atoms with van der Waals surface area (Å²) in [5, 5.41) is 5.45. The van der Waals surface area contributed by atoms with Crippen molar-refractivity contribution in [2.24, 2.45) is 5.41 Å². The lowest BCUT2D eigenvalue weighted by Crippen LogP contribution is -2.36. The van der Waals surface area contributed by atoms with Crippen LogP contribution < -0.4 is 21.1 Å². The molecule has 0 spiro atoms. The molecule has 0 aliphatic carbocycles. The second kappa shape index (κ2) is 6.97. The number of anilines is 2. The third kappa shape index (κ3) is 5.33. The van der Waals surface area contributed by atoms with Crippen LogP contribution in [0.15, 0.2) is 18.2 Å². The number of carbonyl (C=O) groups excluding carboxylic acids is 2. The molecule has 116 valence electrons. The maximum Gasteiger partial charge on any atom is 0.226 e. The average Bonchev–Trinajstić information content (AvgIpc) is 2.37. The fourth-order valence-corrected chi connectivity index (χ4v) is 1.59. The zero-order valence-corrected chi connectivity index (χ0v) is 12.9. The number of ether oxygens (including phenoxy) is 1. The van der Waals surface area contributed by atoms with Gasteiger partial charge in [-0.25, -0.2) is 0 Å². The highest BCUT2D eigenvalue weighted by atomic mass is 16.5. The Balaban J connectivity index is 2.44. The van der Waals surface area contributed by atoms with Gasteiger partial charge in [-0.15, -0.1) is 0 Å². The van der Waals surface area contributed by atoms with Crippen LogP contribution in [0.3, 0.4) is 0 Å². The van der Waals surface area contributed by atoms with Crippen LogP contribution >= 0.6 is 0 Å². The molecule has 21 heavy (non-hydrogen) atoms. The summed E-state index contributed by atoms with van der Waals surface area (Å²) in [5.74, 6) is 0.295. The number of nitrogens with two attached hydrogens (primary N) is 1. The summed E-state index contributed by atoms with van der Waals surface area (Å²) in [6, 6.07) is 5.03. The Labute approximate surface area is 125 Å². The Morgan fingerprint density at radius 1 is 1.29 bits per heavy atom. The second-order valence-electron chi connectivity index (χ2n) is 5.76. The molecule has 2 amide bonds. The number of rotatable bonds is 5. The van der Waals surface area contributed by atoms with Gasteiger partial charge in [0.25, 0.3) is 0 Å². The van der Waals surface area contributed by atoms with Gasteiger partial charge in [-0.2, -0.15) is 0 Å². The summed E-state index contributed by atoms with van der Waals surface area (Å²) in [6.07, 6.45) is 0.202. The third-order valence-electron chi connectivity index (χ3n) is 2.83. The minimum absolute atomic E-state index is 0.0796. The van der Waals surface area contributed by atoms with E-state index in [4.69, 9.17) is 10.5 Å². The van der Waals surface area contributed by atoms with Crippen LogP contribution in [0.2, 0.25) is 0 Å². The predicted molar refractivity (Wildman–Crippen MR) is 83.1 cm³/mol. The number of amides is 2. The fourth-order valence-electron chi connectivity index (χ4n) is 1.59. The molecular formula is C15H23N3O3. The monoisotopic (exact) mass is 293 g/mol. The van der Waals surface area contributed by atoms with Gasteiger partial charge in [-0.1, -0.05) is 20.8 Å². The minimum atomic E-state index is -0.457. The van der Waals surface area contributed by atoms with Gasteiger partial charge < -0.3 is 21.1 Å². The lowest BCUT2D eigenvalue weighted by molar-refractivity contribution is -0.128. The maximum absolute atomic E-state index is 11.8. The van der Waals surface area contributed by atoms with Crippen LogP contribution in [0.25, 0.3) is 0 Å².